The molecule has 3 nitrogen and oxygen atoms in total. The normalized spacial score (nSPS) is 13.1. The van der Waals surface area contributed by atoms with Crippen molar-refractivity contribution in [3.8, 4) is 0 Å². The number of unbranched alkanes of at least 4 members (excludes halogenated alkanes) is 5. The first kappa shape index (κ1) is 23.9. The summed E-state index contributed by atoms with van der Waals surface area (Å²) in [6.45, 7) is 2.17. The summed E-state index contributed by atoms with van der Waals surface area (Å²) >= 11 is 0. The lowest BCUT2D eigenvalue weighted by molar-refractivity contribution is -0.380. The summed E-state index contributed by atoms with van der Waals surface area (Å²) in [5.41, 5.74) is -0.124. The molecule has 0 spiro atoms. The predicted octanol–water partition coefficient (Wildman–Crippen LogP) is 6.00. The second-order valence-electron chi connectivity index (χ2n) is 6.86. The first-order valence-electron chi connectivity index (χ1n) is 9.72. The van der Waals surface area contributed by atoms with E-state index in [2.05, 4.69) is 6.92 Å². The average Bonchev–Trinajstić information content (AvgIpc) is 2.64. The van der Waals surface area contributed by atoms with Crippen LogP contribution < -0.4 is 0 Å². The van der Waals surface area contributed by atoms with Crippen LogP contribution in [0.5, 0.6) is 0 Å². The molecule has 0 amide bonds. The van der Waals surface area contributed by atoms with Crippen molar-refractivity contribution in [2.75, 3.05) is 21.3 Å². The van der Waals surface area contributed by atoms with E-state index in [4.69, 9.17) is 14.2 Å². The van der Waals surface area contributed by atoms with Crippen molar-refractivity contribution < 1.29 is 27.4 Å². The van der Waals surface area contributed by atoms with Crippen LogP contribution in [0, 0.1) is 23.4 Å². The van der Waals surface area contributed by atoms with Gasteiger partial charge in [0, 0.05) is 44.9 Å². The van der Waals surface area contributed by atoms with Crippen LogP contribution in [0.25, 0.3) is 0 Å². The lowest BCUT2D eigenvalue weighted by Gasteiger charge is -2.36. The van der Waals surface area contributed by atoms with E-state index >= 15 is 0 Å². The SMILES string of the molecule is CCCCCCCCC(CCc1c(F)cc(F)cc1F)C(OC)(OC)OC. The second-order valence-corrected chi connectivity index (χ2v) is 6.86. The van der Waals surface area contributed by atoms with Crippen molar-refractivity contribution in [1.82, 2.24) is 0 Å². The Morgan fingerprint density at radius 2 is 1.33 bits per heavy atom. The van der Waals surface area contributed by atoms with Crippen molar-refractivity contribution >= 4 is 0 Å². The van der Waals surface area contributed by atoms with Gasteiger partial charge in [0.1, 0.15) is 17.5 Å². The van der Waals surface area contributed by atoms with E-state index in [0.29, 0.717) is 18.6 Å². The Balaban J connectivity index is 2.79. The predicted molar refractivity (Wildman–Crippen MR) is 99.9 cm³/mol. The highest BCUT2D eigenvalue weighted by atomic mass is 19.1. The van der Waals surface area contributed by atoms with Crippen LogP contribution in [-0.4, -0.2) is 27.3 Å². The van der Waals surface area contributed by atoms with Crippen LogP contribution in [0.2, 0.25) is 0 Å². The quantitative estimate of drug-likeness (QED) is 0.288. The molecule has 0 N–H and O–H groups in total. The standard InChI is InChI=1S/C21H33F3O3/c1-5-6-7-8-9-10-11-16(21(25-2,26-3)27-4)12-13-18-19(23)14-17(22)15-20(18)24/h14-16H,5-13H2,1-4H3. The van der Waals surface area contributed by atoms with Gasteiger partial charge >= 0.3 is 0 Å². The molecule has 6 heteroatoms. The molecular weight excluding hydrogens is 357 g/mol. The molecule has 27 heavy (non-hydrogen) atoms. The molecule has 0 aliphatic heterocycles. The Morgan fingerprint density at radius 1 is 0.815 bits per heavy atom. The average molecular weight is 390 g/mol. The fourth-order valence-electron chi connectivity index (χ4n) is 3.55. The molecule has 0 fully saturated rings. The molecule has 156 valence electrons. The Labute approximate surface area is 161 Å². The minimum Gasteiger partial charge on any atom is -0.331 e. The molecule has 1 atom stereocenters. The minimum absolute atomic E-state index is 0.107. The van der Waals surface area contributed by atoms with Crippen LogP contribution >= 0.6 is 0 Å². The fraction of sp³-hybridized carbons (Fsp3) is 0.714. The van der Waals surface area contributed by atoms with Gasteiger partial charge in [0.15, 0.2) is 0 Å². The van der Waals surface area contributed by atoms with Crippen LogP contribution in [-0.2, 0) is 20.6 Å². The molecule has 0 saturated heterocycles. The largest absolute Gasteiger partial charge is 0.331 e. The van der Waals surface area contributed by atoms with Crippen molar-refractivity contribution in [2.45, 2.75) is 70.7 Å². The number of methoxy groups -OCH3 is 3. The van der Waals surface area contributed by atoms with Crippen molar-refractivity contribution in [1.29, 1.82) is 0 Å². The summed E-state index contributed by atoms with van der Waals surface area (Å²) in [4.78, 5) is 0. The second kappa shape index (κ2) is 12.4. The maximum atomic E-state index is 14.0. The van der Waals surface area contributed by atoms with E-state index in [1.807, 2.05) is 0 Å². The zero-order valence-electron chi connectivity index (χ0n) is 17.0. The molecule has 0 aliphatic carbocycles. The lowest BCUT2D eigenvalue weighted by atomic mass is 9.91. The fourth-order valence-corrected chi connectivity index (χ4v) is 3.55. The van der Waals surface area contributed by atoms with Crippen LogP contribution in [0.3, 0.4) is 0 Å². The number of hydrogen-bond acceptors (Lipinski definition) is 3. The summed E-state index contributed by atoms with van der Waals surface area (Å²) in [6.07, 6.45) is 8.04. The topological polar surface area (TPSA) is 27.7 Å². The first-order valence-corrected chi connectivity index (χ1v) is 9.72. The van der Waals surface area contributed by atoms with Crippen molar-refractivity contribution in [3.05, 3.63) is 35.1 Å². The summed E-state index contributed by atoms with van der Waals surface area (Å²) in [5, 5.41) is 0. The van der Waals surface area contributed by atoms with Gasteiger partial charge in [0.2, 0.25) is 0 Å². The number of halogens is 3. The third-order valence-corrected chi connectivity index (χ3v) is 5.11. The summed E-state index contributed by atoms with van der Waals surface area (Å²) in [6, 6.07) is 1.41. The summed E-state index contributed by atoms with van der Waals surface area (Å²) < 4.78 is 57.4. The van der Waals surface area contributed by atoms with Gasteiger partial charge < -0.3 is 14.2 Å². The van der Waals surface area contributed by atoms with E-state index in [9.17, 15) is 13.2 Å². The maximum absolute atomic E-state index is 14.0. The van der Waals surface area contributed by atoms with Crippen LogP contribution in [0.15, 0.2) is 12.1 Å². The molecule has 0 aromatic heterocycles. The first-order chi connectivity index (χ1) is 12.9. The van der Waals surface area contributed by atoms with Gasteiger partial charge in [-0.15, -0.1) is 0 Å². The van der Waals surface area contributed by atoms with E-state index < -0.39 is 23.4 Å². The third kappa shape index (κ3) is 7.09. The molecule has 0 aliphatic rings. The van der Waals surface area contributed by atoms with Crippen molar-refractivity contribution in [2.24, 2.45) is 5.92 Å². The molecule has 1 aromatic rings. The molecular formula is C21H33F3O3. The van der Waals surface area contributed by atoms with Gasteiger partial charge in [-0.05, 0) is 19.3 Å². The highest BCUT2D eigenvalue weighted by Crippen LogP contribution is 2.33. The zero-order valence-corrected chi connectivity index (χ0v) is 17.0. The number of hydrogen-bond donors (Lipinski definition) is 0. The lowest BCUT2D eigenvalue weighted by Crippen LogP contribution is -2.44. The summed E-state index contributed by atoms with van der Waals surface area (Å²) in [5.74, 6) is -4.14. The Bertz CT molecular complexity index is 516. The summed E-state index contributed by atoms with van der Waals surface area (Å²) in [7, 11) is 4.46. The molecule has 0 bridgehead atoms. The van der Waals surface area contributed by atoms with Gasteiger partial charge in [-0.3, -0.25) is 0 Å². The van der Waals surface area contributed by atoms with Crippen LogP contribution in [0.1, 0.15) is 63.9 Å². The molecule has 0 heterocycles. The molecule has 1 unspecified atom stereocenters. The van der Waals surface area contributed by atoms with Gasteiger partial charge in [-0.2, -0.15) is 0 Å². The minimum atomic E-state index is -1.27. The number of benzene rings is 1. The van der Waals surface area contributed by atoms with Gasteiger partial charge in [0.25, 0.3) is 5.97 Å². The van der Waals surface area contributed by atoms with E-state index in [-0.39, 0.29) is 17.9 Å². The Kier molecular flexibility index (Phi) is 11.0. The monoisotopic (exact) mass is 390 g/mol. The van der Waals surface area contributed by atoms with Crippen LogP contribution in [0.4, 0.5) is 13.2 Å². The van der Waals surface area contributed by atoms with Crippen molar-refractivity contribution in [3.63, 3.8) is 0 Å². The third-order valence-electron chi connectivity index (χ3n) is 5.11. The molecule has 0 radical (unpaired) electrons. The smallest absolute Gasteiger partial charge is 0.285 e. The van der Waals surface area contributed by atoms with E-state index in [0.717, 1.165) is 25.7 Å². The Hall–Kier alpha value is -1.11. The Morgan fingerprint density at radius 3 is 1.85 bits per heavy atom. The molecule has 1 aromatic carbocycles. The van der Waals surface area contributed by atoms with E-state index in [1.165, 1.54) is 40.6 Å². The van der Waals surface area contributed by atoms with Gasteiger partial charge in [-0.1, -0.05) is 45.4 Å². The number of ether oxygens (including phenoxy) is 3. The highest BCUT2D eigenvalue weighted by molar-refractivity contribution is 5.21. The highest BCUT2D eigenvalue weighted by Gasteiger charge is 2.39. The van der Waals surface area contributed by atoms with Gasteiger partial charge in [-0.25, -0.2) is 13.2 Å². The van der Waals surface area contributed by atoms with Gasteiger partial charge in [0.05, 0.1) is 0 Å². The maximum Gasteiger partial charge on any atom is 0.285 e. The van der Waals surface area contributed by atoms with E-state index in [1.54, 1.807) is 0 Å². The molecule has 1 rings (SSSR count). The molecule has 0 saturated carbocycles. The zero-order chi connectivity index (χ0) is 20.3. The number of rotatable bonds is 14.